The lowest BCUT2D eigenvalue weighted by atomic mass is 10.0. The molecule has 1 unspecified atom stereocenters. The molecule has 0 aliphatic carbocycles. The van der Waals surface area contributed by atoms with Crippen molar-refractivity contribution in [2.75, 3.05) is 70.9 Å². The lowest BCUT2D eigenvalue weighted by Gasteiger charge is -2.44. The van der Waals surface area contributed by atoms with Crippen molar-refractivity contribution in [3.63, 3.8) is 0 Å². The SMILES string of the molecule is COc1ccc(N2CCN(C3CCCN(C(=O)CN4CCCC4)C3)CC2)cc1. The quantitative estimate of drug-likeness (QED) is 0.773. The Labute approximate surface area is 169 Å². The van der Waals surface area contributed by atoms with Gasteiger partial charge in [-0.3, -0.25) is 14.6 Å². The van der Waals surface area contributed by atoms with E-state index in [1.165, 1.54) is 24.9 Å². The number of carbonyl (C=O) groups is 1. The van der Waals surface area contributed by atoms with Crippen molar-refractivity contribution >= 4 is 11.6 Å². The number of amides is 1. The van der Waals surface area contributed by atoms with Gasteiger partial charge in [0.25, 0.3) is 0 Å². The van der Waals surface area contributed by atoms with Gasteiger partial charge in [-0.05, 0) is 63.0 Å². The molecule has 3 aliphatic heterocycles. The van der Waals surface area contributed by atoms with Crippen LogP contribution in [0.15, 0.2) is 24.3 Å². The summed E-state index contributed by atoms with van der Waals surface area (Å²) in [4.78, 5) is 22.2. The topological polar surface area (TPSA) is 39.3 Å². The highest BCUT2D eigenvalue weighted by molar-refractivity contribution is 5.78. The molecule has 3 fully saturated rings. The Hall–Kier alpha value is -1.79. The summed E-state index contributed by atoms with van der Waals surface area (Å²) in [5.74, 6) is 1.24. The summed E-state index contributed by atoms with van der Waals surface area (Å²) in [6.07, 6.45) is 4.84. The fourth-order valence-electron chi connectivity index (χ4n) is 4.85. The molecule has 6 nitrogen and oxygen atoms in total. The van der Waals surface area contributed by atoms with Gasteiger partial charge in [0.2, 0.25) is 5.91 Å². The fourth-order valence-corrected chi connectivity index (χ4v) is 4.85. The zero-order valence-electron chi connectivity index (χ0n) is 17.2. The van der Waals surface area contributed by atoms with Crippen LogP contribution in [0.4, 0.5) is 5.69 Å². The van der Waals surface area contributed by atoms with Gasteiger partial charge in [-0.1, -0.05) is 0 Å². The van der Waals surface area contributed by atoms with E-state index in [0.29, 0.717) is 18.5 Å². The third-order valence-corrected chi connectivity index (χ3v) is 6.58. The van der Waals surface area contributed by atoms with Gasteiger partial charge in [-0.15, -0.1) is 0 Å². The summed E-state index contributed by atoms with van der Waals surface area (Å²) in [5.41, 5.74) is 1.27. The van der Waals surface area contributed by atoms with Crippen molar-refractivity contribution in [3.8, 4) is 5.75 Å². The van der Waals surface area contributed by atoms with Gasteiger partial charge in [-0.2, -0.15) is 0 Å². The molecule has 3 heterocycles. The first-order valence-corrected chi connectivity index (χ1v) is 10.9. The first kappa shape index (κ1) is 19.5. The zero-order valence-corrected chi connectivity index (χ0v) is 17.2. The molecule has 1 amide bonds. The van der Waals surface area contributed by atoms with Gasteiger partial charge >= 0.3 is 0 Å². The van der Waals surface area contributed by atoms with E-state index >= 15 is 0 Å². The van der Waals surface area contributed by atoms with Gasteiger partial charge in [0, 0.05) is 51.0 Å². The molecule has 0 saturated carbocycles. The van der Waals surface area contributed by atoms with Crippen LogP contribution in [0.5, 0.6) is 5.75 Å². The number of nitrogens with zero attached hydrogens (tertiary/aromatic N) is 4. The molecule has 28 heavy (non-hydrogen) atoms. The summed E-state index contributed by atoms with van der Waals surface area (Å²) in [5, 5.41) is 0. The summed E-state index contributed by atoms with van der Waals surface area (Å²) >= 11 is 0. The minimum atomic E-state index is 0.337. The standard InChI is InChI=1S/C22H34N4O2/c1-28-21-8-6-19(7-9-21)24-13-15-25(16-14-24)20-5-4-12-26(17-20)22(27)18-23-10-2-3-11-23/h6-9,20H,2-5,10-18H2,1H3. The van der Waals surface area contributed by atoms with Crippen LogP contribution in [0, 0.1) is 0 Å². The van der Waals surface area contributed by atoms with Crippen molar-refractivity contribution in [1.29, 1.82) is 0 Å². The minimum Gasteiger partial charge on any atom is -0.497 e. The lowest BCUT2D eigenvalue weighted by molar-refractivity contribution is -0.134. The molecule has 0 spiro atoms. The molecule has 1 atom stereocenters. The van der Waals surface area contributed by atoms with E-state index in [1.807, 2.05) is 12.1 Å². The Morgan fingerprint density at radius 3 is 2.36 bits per heavy atom. The Kier molecular flexibility index (Phi) is 6.37. The number of rotatable bonds is 5. The molecule has 0 radical (unpaired) electrons. The number of piperazine rings is 1. The highest BCUT2D eigenvalue weighted by atomic mass is 16.5. The average Bonchev–Trinajstić information content (AvgIpc) is 3.27. The number of carbonyl (C=O) groups excluding carboxylic acids is 1. The molecule has 154 valence electrons. The van der Waals surface area contributed by atoms with E-state index < -0.39 is 0 Å². The number of piperidine rings is 1. The average molecular weight is 387 g/mol. The van der Waals surface area contributed by atoms with E-state index in [0.717, 1.165) is 64.5 Å². The first-order valence-electron chi connectivity index (χ1n) is 10.9. The van der Waals surface area contributed by atoms with Gasteiger partial charge < -0.3 is 14.5 Å². The molecular formula is C22H34N4O2. The van der Waals surface area contributed by atoms with Gasteiger partial charge in [0.05, 0.1) is 13.7 Å². The number of ether oxygens (including phenoxy) is 1. The number of hydrogen-bond acceptors (Lipinski definition) is 5. The molecule has 6 heteroatoms. The van der Waals surface area contributed by atoms with Crippen LogP contribution < -0.4 is 9.64 Å². The Morgan fingerprint density at radius 2 is 1.68 bits per heavy atom. The van der Waals surface area contributed by atoms with Crippen LogP contribution in [0.3, 0.4) is 0 Å². The highest BCUT2D eigenvalue weighted by Gasteiger charge is 2.30. The molecule has 3 saturated heterocycles. The Balaban J connectivity index is 1.27. The molecular weight excluding hydrogens is 352 g/mol. The molecule has 4 rings (SSSR count). The number of methoxy groups -OCH3 is 1. The van der Waals surface area contributed by atoms with E-state index in [9.17, 15) is 4.79 Å². The normalized spacial score (nSPS) is 24.5. The van der Waals surface area contributed by atoms with Crippen molar-refractivity contribution in [2.24, 2.45) is 0 Å². The van der Waals surface area contributed by atoms with Crippen LogP contribution in [-0.4, -0.2) is 92.7 Å². The number of anilines is 1. The van der Waals surface area contributed by atoms with Gasteiger partial charge in [-0.25, -0.2) is 0 Å². The molecule has 3 aliphatic rings. The minimum absolute atomic E-state index is 0.337. The van der Waals surface area contributed by atoms with Crippen molar-refractivity contribution in [3.05, 3.63) is 24.3 Å². The van der Waals surface area contributed by atoms with Crippen molar-refractivity contribution in [1.82, 2.24) is 14.7 Å². The molecule has 1 aromatic carbocycles. The van der Waals surface area contributed by atoms with Crippen LogP contribution in [0.2, 0.25) is 0 Å². The second kappa shape index (κ2) is 9.14. The number of likely N-dealkylation sites (tertiary alicyclic amines) is 2. The number of hydrogen-bond donors (Lipinski definition) is 0. The van der Waals surface area contributed by atoms with Crippen molar-refractivity contribution < 1.29 is 9.53 Å². The Bertz CT molecular complexity index is 636. The highest BCUT2D eigenvalue weighted by Crippen LogP contribution is 2.23. The monoisotopic (exact) mass is 386 g/mol. The zero-order chi connectivity index (χ0) is 19.3. The van der Waals surface area contributed by atoms with Gasteiger partial charge in [0.15, 0.2) is 0 Å². The van der Waals surface area contributed by atoms with E-state index in [1.54, 1.807) is 7.11 Å². The summed E-state index contributed by atoms with van der Waals surface area (Å²) in [7, 11) is 1.71. The van der Waals surface area contributed by atoms with Crippen molar-refractivity contribution in [2.45, 2.75) is 31.7 Å². The van der Waals surface area contributed by atoms with E-state index in [2.05, 4.69) is 31.7 Å². The molecule has 0 aromatic heterocycles. The van der Waals surface area contributed by atoms with Crippen LogP contribution in [-0.2, 0) is 4.79 Å². The fraction of sp³-hybridized carbons (Fsp3) is 0.682. The summed E-state index contributed by atoms with van der Waals surface area (Å²) in [6, 6.07) is 8.88. The van der Waals surface area contributed by atoms with E-state index in [4.69, 9.17) is 4.74 Å². The maximum absolute atomic E-state index is 12.7. The smallest absolute Gasteiger partial charge is 0.236 e. The second-order valence-electron chi connectivity index (χ2n) is 8.34. The number of benzene rings is 1. The van der Waals surface area contributed by atoms with Crippen LogP contribution in [0.1, 0.15) is 25.7 Å². The lowest BCUT2D eigenvalue weighted by Crippen LogP contribution is -2.56. The van der Waals surface area contributed by atoms with Crippen LogP contribution >= 0.6 is 0 Å². The Morgan fingerprint density at radius 1 is 0.964 bits per heavy atom. The second-order valence-corrected chi connectivity index (χ2v) is 8.34. The maximum atomic E-state index is 12.7. The summed E-state index contributed by atoms with van der Waals surface area (Å²) < 4.78 is 5.26. The largest absolute Gasteiger partial charge is 0.497 e. The molecule has 0 bridgehead atoms. The first-order chi connectivity index (χ1) is 13.7. The summed E-state index contributed by atoms with van der Waals surface area (Å²) in [6.45, 7) is 8.90. The maximum Gasteiger partial charge on any atom is 0.236 e. The third-order valence-electron chi connectivity index (χ3n) is 6.58. The van der Waals surface area contributed by atoms with Crippen LogP contribution in [0.25, 0.3) is 0 Å². The predicted octanol–water partition coefficient (Wildman–Crippen LogP) is 1.90. The molecule has 1 aromatic rings. The van der Waals surface area contributed by atoms with E-state index in [-0.39, 0.29) is 0 Å². The van der Waals surface area contributed by atoms with Gasteiger partial charge in [0.1, 0.15) is 5.75 Å². The third kappa shape index (κ3) is 4.61. The molecule has 0 N–H and O–H groups in total. The predicted molar refractivity (Wildman–Crippen MR) is 112 cm³/mol.